The van der Waals surface area contributed by atoms with Crippen LogP contribution in [0.3, 0.4) is 0 Å². The van der Waals surface area contributed by atoms with Crippen molar-refractivity contribution < 1.29 is 9.53 Å². The maximum Gasteiger partial charge on any atom is 0.358 e. The lowest BCUT2D eigenvalue weighted by Crippen LogP contribution is -2.09. The Morgan fingerprint density at radius 2 is 2.11 bits per heavy atom. The monoisotopic (exact) mass is 259 g/mol. The molecule has 19 heavy (non-hydrogen) atoms. The normalized spacial score (nSPS) is 10.4. The fourth-order valence-electron chi connectivity index (χ4n) is 1.79. The molecule has 5 heteroatoms. The van der Waals surface area contributed by atoms with Gasteiger partial charge in [0, 0.05) is 12.6 Å². The number of aromatic nitrogens is 2. The van der Waals surface area contributed by atoms with Crippen LogP contribution in [0.5, 0.6) is 0 Å². The maximum atomic E-state index is 11.5. The largest absolute Gasteiger partial charge is 0.461 e. The molecular weight excluding hydrogens is 242 g/mol. The van der Waals surface area contributed by atoms with E-state index in [9.17, 15) is 4.79 Å². The van der Waals surface area contributed by atoms with Crippen LogP contribution in [0.15, 0.2) is 36.4 Å². The third-order valence-electron chi connectivity index (χ3n) is 2.75. The van der Waals surface area contributed by atoms with E-state index in [4.69, 9.17) is 10.5 Å². The van der Waals surface area contributed by atoms with Crippen molar-refractivity contribution >= 4 is 11.8 Å². The van der Waals surface area contributed by atoms with Gasteiger partial charge < -0.3 is 10.5 Å². The Kier molecular flexibility index (Phi) is 4.18. The van der Waals surface area contributed by atoms with Crippen molar-refractivity contribution in [2.24, 2.45) is 0 Å². The number of hydrogen-bond acceptors (Lipinski definition) is 4. The second kappa shape index (κ2) is 6.04. The Balaban J connectivity index is 2.03. The molecule has 5 nitrogen and oxygen atoms in total. The number of rotatable bonds is 5. The van der Waals surface area contributed by atoms with Gasteiger partial charge in [0.25, 0.3) is 0 Å². The van der Waals surface area contributed by atoms with E-state index >= 15 is 0 Å². The molecule has 0 aliphatic rings. The van der Waals surface area contributed by atoms with Gasteiger partial charge in [0.2, 0.25) is 0 Å². The molecular formula is C14H17N3O2. The number of nitrogens with zero attached hydrogens (tertiary/aromatic N) is 2. The zero-order valence-electron chi connectivity index (χ0n) is 10.9. The SMILES string of the molecule is CCOC(=O)c1cc(N)n(CCc2ccccc2)n1. The molecule has 0 radical (unpaired) electrons. The Morgan fingerprint density at radius 1 is 1.37 bits per heavy atom. The molecule has 0 spiro atoms. The summed E-state index contributed by atoms with van der Waals surface area (Å²) in [5.41, 5.74) is 7.29. The topological polar surface area (TPSA) is 70.1 Å². The molecule has 0 saturated heterocycles. The van der Waals surface area contributed by atoms with Crippen LogP contribution in [0.2, 0.25) is 0 Å². The van der Waals surface area contributed by atoms with Gasteiger partial charge in [-0.3, -0.25) is 0 Å². The molecule has 0 atom stereocenters. The zero-order valence-corrected chi connectivity index (χ0v) is 10.9. The van der Waals surface area contributed by atoms with Gasteiger partial charge in [-0.25, -0.2) is 9.48 Å². The van der Waals surface area contributed by atoms with Gasteiger partial charge in [0.05, 0.1) is 6.61 Å². The fourth-order valence-corrected chi connectivity index (χ4v) is 1.79. The second-order valence-corrected chi connectivity index (χ2v) is 4.13. The number of nitrogens with two attached hydrogens (primary N) is 1. The minimum Gasteiger partial charge on any atom is -0.461 e. The van der Waals surface area contributed by atoms with Gasteiger partial charge in [0.1, 0.15) is 5.82 Å². The molecule has 0 aliphatic heterocycles. The number of nitrogen functional groups attached to an aromatic ring is 1. The summed E-state index contributed by atoms with van der Waals surface area (Å²) in [6.45, 7) is 2.72. The average Bonchev–Trinajstić information content (AvgIpc) is 2.79. The lowest BCUT2D eigenvalue weighted by molar-refractivity contribution is 0.0518. The van der Waals surface area contributed by atoms with Crippen LogP contribution >= 0.6 is 0 Å². The number of ether oxygens (including phenoxy) is 1. The molecule has 0 amide bonds. The summed E-state index contributed by atoms with van der Waals surface area (Å²) in [4.78, 5) is 11.5. The molecule has 1 heterocycles. The summed E-state index contributed by atoms with van der Waals surface area (Å²) in [5.74, 6) is 0.0339. The molecule has 2 aromatic rings. The van der Waals surface area contributed by atoms with E-state index in [2.05, 4.69) is 5.10 Å². The predicted molar refractivity (Wildman–Crippen MR) is 72.7 cm³/mol. The molecule has 0 unspecified atom stereocenters. The van der Waals surface area contributed by atoms with Crippen LogP contribution in [-0.4, -0.2) is 22.4 Å². The Morgan fingerprint density at radius 3 is 2.79 bits per heavy atom. The van der Waals surface area contributed by atoms with E-state index in [1.54, 1.807) is 17.7 Å². The van der Waals surface area contributed by atoms with Crippen molar-refractivity contribution in [2.45, 2.75) is 19.9 Å². The number of esters is 1. The molecule has 2 rings (SSSR count). The molecule has 0 fully saturated rings. The first-order valence-electron chi connectivity index (χ1n) is 6.25. The predicted octanol–water partition coefficient (Wildman–Crippen LogP) is 1.88. The number of aryl methyl sites for hydroxylation is 2. The van der Waals surface area contributed by atoms with Gasteiger partial charge >= 0.3 is 5.97 Å². The second-order valence-electron chi connectivity index (χ2n) is 4.13. The molecule has 0 aliphatic carbocycles. The standard InChI is InChI=1S/C14H17N3O2/c1-2-19-14(18)12-10-13(15)17(16-12)9-8-11-6-4-3-5-7-11/h3-7,10H,2,8-9,15H2,1H3. The summed E-state index contributed by atoms with van der Waals surface area (Å²) in [5, 5.41) is 4.16. The maximum absolute atomic E-state index is 11.5. The van der Waals surface area contributed by atoms with E-state index in [0.717, 1.165) is 6.42 Å². The lowest BCUT2D eigenvalue weighted by Gasteiger charge is -2.04. The Hall–Kier alpha value is -2.30. The first-order valence-corrected chi connectivity index (χ1v) is 6.25. The minimum absolute atomic E-state index is 0.257. The molecule has 1 aromatic heterocycles. The van der Waals surface area contributed by atoms with E-state index in [1.165, 1.54) is 5.56 Å². The van der Waals surface area contributed by atoms with Crippen LogP contribution in [0.25, 0.3) is 0 Å². The lowest BCUT2D eigenvalue weighted by atomic mass is 10.1. The van der Waals surface area contributed by atoms with Crippen molar-refractivity contribution in [3.63, 3.8) is 0 Å². The number of carbonyl (C=O) groups is 1. The number of hydrogen-bond donors (Lipinski definition) is 1. The van der Waals surface area contributed by atoms with Crippen molar-refractivity contribution in [2.75, 3.05) is 12.3 Å². The first-order chi connectivity index (χ1) is 9.20. The van der Waals surface area contributed by atoms with Gasteiger partial charge in [0.15, 0.2) is 5.69 Å². The highest BCUT2D eigenvalue weighted by atomic mass is 16.5. The average molecular weight is 259 g/mol. The van der Waals surface area contributed by atoms with E-state index in [1.807, 2.05) is 30.3 Å². The van der Waals surface area contributed by atoms with Crippen molar-refractivity contribution in [1.29, 1.82) is 0 Å². The van der Waals surface area contributed by atoms with Gasteiger partial charge in [-0.15, -0.1) is 0 Å². The molecule has 100 valence electrons. The third-order valence-corrected chi connectivity index (χ3v) is 2.75. The van der Waals surface area contributed by atoms with Crippen LogP contribution in [0.4, 0.5) is 5.82 Å². The van der Waals surface area contributed by atoms with Crippen LogP contribution in [-0.2, 0) is 17.7 Å². The van der Waals surface area contributed by atoms with E-state index in [0.29, 0.717) is 19.0 Å². The highest BCUT2D eigenvalue weighted by Crippen LogP contribution is 2.10. The Labute approximate surface area is 112 Å². The molecule has 2 N–H and O–H groups in total. The van der Waals surface area contributed by atoms with Crippen molar-refractivity contribution in [3.8, 4) is 0 Å². The number of carbonyl (C=O) groups excluding carboxylic acids is 1. The quantitative estimate of drug-likeness (QED) is 0.832. The van der Waals surface area contributed by atoms with Crippen LogP contribution in [0.1, 0.15) is 23.0 Å². The van der Waals surface area contributed by atoms with E-state index in [-0.39, 0.29) is 5.69 Å². The summed E-state index contributed by atoms with van der Waals surface area (Å²) < 4.78 is 6.51. The molecule has 0 bridgehead atoms. The van der Waals surface area contributed by atoms with Gasteiger partial charge in [-0.2, -0.15) is 5.10 Å². The number of benzene rings is 1. The number of anilines is 1. The third kappa shape index (κ3) is 3.34. The molecule has 1 aromatic carbocycles. The van der Waals surface area contributed by atoms with Crippen LogP contribution < -0.4 is 5.73 Å². The highest BCUT2D eigenvalue weighted by molar-refractivity contribution is 5.88. The summed E-state index contributed by atoms with van der Waals surface area (Å²) >= 11 is 0. The summed E-state index contributed by atoms with van der Waals surface area (Å²) in [6.07, 6.45) is 0.814. The van der Waals surface area contributed by atoms with Crippen molar-refractivity contribution in [3.05, 3.63) is 47.7 Å². The van der Waals surface area contributed by atoms with E-state index < -0.39 is 5.97 Å². The minimum atomic E-state index is -0.437. The first kappa shape index (κ1) is 13.1. The van der Waals surface area contributed by atoms with Crippen LogP contribution in [0, 0.1) is 0 Å². The highest BCUT2D eigenvalue weighted by Gasteiger charge is 2.13. The van der Waals surface area contributed by atoms with Gasteiger partial charge in [-0.05, 0) is 18.9 Å². The smallest absolute Gasteiger partial charge is 0.358 e. The summed E-state index contributed by atoms with van der Waals surface area (Å²) in [7, 11) is 0. The fraction of sp³-hybridized carbons (Fsp3) is 0.286. The molecule has 0 saturated carbocycles. The Bertz CT molecular complexity index is 549. The van der Waals surface area contributed by atoms with Gasteiger partial charge in [-0.1, -0.05) is 30.3 Å². The summed E-state index contributed by atoms with van der Waals surface area (Å²) in [6, 6.07) is 11.6. The zero-order chi connectivity index (χ0) is 13.7. The van der Waals surface area contributed by atoms with Crippen molar-refractivity contribution in [1.82, 2.24) is 9.78 Å².